The van der Waals surface area contributed by atoms with Crippen molar-refractivity contribution in [2.75, 3.05) is 33.0 Å². The fourth-order valence-electron chi connectivity index (χ4n) is 6.36. The van der Waals surface area contributed by atoms with E-state index in [2.05, 4.69) is 63.7 Å². The lowest BCUT2D eigenvalue weighted by Gasteiger charge is -2.27. The molecule has 1 aliphatic carbocycles. The Bertz CT molecular complexity index is 1380. The minimum atomic E-state index is -1.63. The van der Waals surface area contributed by atoms with Crippen molar-refractivity contribution in [2.45, 2.75) is 104 Å². The molecule has 1 aromatic rings. The van der Waals surface area contributed by atoms with Gasteiger partial charge in [0.25, 0.3) is 0 Å². The number of fused-ring (bicyclic) bond motifs is 8. The molecule has 2 bridgehead atoms. The lowest BCUT2D eigenvalue weighted by atomic mass is 9.93. The third kappa shape index (κ3) is 10.2. The smallest absolute Gasteiger partial charge is 0.319 e. The summed E-state index contributed by atoms with van der Waals surface area (Å²) in [5, 5.41) is 21.8. The first-order chi connectivity index (χ1) is 24.6. The van der Waals surface area contributed by atoms with E-state index < -0.39 is 67.8 Å². The SMILES string of the molecule is CCOC(=O)C(Br)CCCC(Br)C(=O)OCC(C)(COC(=O)C(Br)CCCC(Br)C(=O)OCC)C(=O)OCCn1c(O)c2c(c1O)C1OC2C2CC12. The third-order valence-electron chi connectivity index (χ3n) is 9.35. The van der Waals surface area contributed by atoms with Crippen LogP contribution >= 0.6 is 63.7 Å². The number of ether oxygens (including phenoxy) is 6. The van der Waals surface area contributed by atoms with Crippen molar-refractivity contribution >= 4 is 93.6 Å². The molecule has 18 heteroatoms. The van der Waals surface area contributed by atoms with Crippen LogP contribution in [0.3, 0.4) is 0 Å². The van der Waals surface area contributed by atoms with E-state index >= 15 is 0 Å². The van der Waals surface area contributed by atoms with Crippen LogP contribution in [0, 0.1) is 17.3 Å². The van der Waals surface area contributed by atoms with Crippen LogP contribution in [0.1, 0.15) is 89.1 Å². The molecule has 1 saturated heterocycles. The number of aromatic nitrogens is 1. The van der Waals surface area contributed by atoms with Crippen molar-refractivity contribution in [3.8, 4) is 11.8 Å². The van der Waals surface area contributed by atoms with Gasteiger partial charge in [0.05, 0.1) is 43.1 Å². The highest BCUT2D eigenvalue weighted by Crippen LogP contribution is 2.72. The topological polar surface area (TPSA) is 186 Å². The summed E-state index contributed by atoms with van der Waals surface area (Å²) in [7, 11) is 0. The lowest BCUT2D eigenvalue weighted by Crippen LogP contribution is -2.42. The van der Waals surface area contributed by atoms with Gasteiger partial charge < -0.3 is 38.6 Å². The van der Waals surface area contributed by atoms with Crippen LogP contribution in [0.4, 0.5) is 0 Å². The first-order valence-electron chi connectivity index (χ1n) is 17.3. The second-order valence-corrected chi connectivity index (χ2v) is 17.7. The highest BCUT2D eigenvalue weighted by atomic mass is 79.9. The molecule has 8 atom stereocenters. The molecule has 2 N–H and O–H groups in total. The van der Waals surface area contributed by atoms with Gasteiger partial charge in [-0.1, -0.05) is 76.6 Å². The lowest BCUT2D eigenvalue weighted by molar-refractivity contribution is -0.170. The largest absolute Gasteiger partial charge is 0.494 e. The van der Waals surface area contributed by atoms with Crippen LogP contribution in [0.2, 0.25) is 0 Å². The molecule has 0 aromatic carbocycles. The minimum Gasteiger partial charge on any atom is -0.494 e. The molecule has 1 saturated carbocycles. The van der Waals surface area contributed by atoms with E-state index in [0.29, 0.717) is 61.5 Å². The molecule has 1 aromatic heterocycles. The first kappa shape index (κ1) is 42.8. The van der Waals surface area contributed by atoms with Gasteiger partial charge in [0.15, 0.2) is 11.8 Å². The van der Waals surface area contributed by atoms with Crippen LogP contribution in [0.15, 0.2) is 0 Å². The highest BCUT2D eigenvalue weighted by Gasteiger charge is 2.64. The molecule has 3 heterocycles. The van der Waals surface area contributed by atoms with Crippen molar-refractivity contribution in [3.63, 3.8) is 0 Å². The fourth-order valence-corrected chi connectivity index (χ4v) is 8.18. The number of rotatable bonds is 22. The molecule has 14 nitrogen and oxygen atoms in total. The Kier molecular flexibility index (Phi) is 15.8. The maximum absolute atomic E-state index is 13.5. The van der Waals surface area contributed by atoms with E-state index in [0.717, 1.165) is 6.42 Å². The van der Waals surface area contributed by atoms with Gasteiger partial charge in [-0.05, 0) is 64.7 Å². The average Bonchev–Trinajstić information content (AvgIpc) is 3.64. The molecule has 2 fully saturated rings. The summed E-state index contributed by atoms with van der Waals surface area (Å²) in [5.74, 6) is -2.50. The maximum Gasteiger partial charge on any atom is 0.319 e. The van der Waals surface area contributed by atoms with Gasteiger partial charge in [-0.25, -0.2) is 0 Å². The quantitative estimate of drug-likeness (QED) is 0.0806. The van der Waals surface area contributed by atoms with Crippen LogP contribution in [0.25, 0.3) is 0 Å². The molecule has 292 valence electrons. The highest BCUT2D eigenvalue weighted by molar-refractivity contribution is 9.10. The molecule has 0 spiro atoms. The second kappa shape index (κ2) is 19.1. The number of halogens is 4. The Morgan fingerprint density at radius 3 is 1.48 bits per heavy atom. The zero-order valence-electron chi connectivity index (χ0n) is 29.2. The van der Waals surface area contributed by atoms with Crippen LogP contribution < -0.4 is 0 Å². The molecule has 0 radical (unpaired) electrons. The molecule has 52 heavy (non-hydrogen) atoms. The summed E-state index contributed by atoms with van der Waals surface area (Å²) >= 11 is 13.2. The number of carbonyl (C=O) groups is 5. The number of aromatic hydroxyl groups is 2. The average molecular weight is 995 g/mol. The van der Waals surface area contributed by atoms with Crippen molar-refractivity contribution < 1.29 is 62.6 Å². The number of alkyl halides is 4. The Hall–Kier alpha value is -1.89. The number of hydrogen-bond acceptors (Lipinski definition) is 13. The van der Waals surface area contributed by atoms with E-state index in [1.54, 1.807) is 13.8 Å². The Labute approximate surface area is 335 Å². The summed E-state index contributed by atoms with van der Waals surface area (Å²) < 4.78 is 33.7. The van der Waals surface area contributed by atoms with Gasteiger partial charge in [0.1, 0.15) is 44.5 Å². The van der Waals surface area contributed by atoms with Gasteiger partial charge in [0.2, 0.25) is 0 Å². The predicted molar refractivity (Wildman–Crippen MR) is 199 cm³/mol. The van der Waals surface area contributed by atoms with Crippen LogP contribution in [-0.4, -0.2) is 97.0 Å². The zero-order chi connectivity index (χ0) is 38.3. The Morgan fingerprint density at radius 1 is 0.712 bits per heavy atom. The normalized spacial score (nSPS) is 22.9. The molecule has 4 rings (SSSR count). The fraction of sp³-hybridized carbons (Fsp3) is 0.735. The predicted octanol–water partition coefficient (Wildman–Crippen LogP) is 5.82. The van der Waals surface area contributed by atoms with Crippen LogP contribution in [-0.2, 0) is 58.9 Å². The minimum absolute atomic E-state index is 0.0610. The summed E-state index contributed by atoms with van der Waals surface area (Å²) in [6, 6.07) is 0. The standard InChI is InChI=1S/C34H45Br4NO13/c1-4-47-29(42)19(35)8-6-10-21(37)31(44)50-15-34(3,16-51-32(45)22(38)11-7-9-20(36)30(43)48-5-2)33(46)49-13-12-39-27(40)23-24(28(39)41)26-18-14-17(18)25(23)52-26/h17-22,25-26,40-41H,4-16H2,1-3H3. The second-order valence-electron chi connectivity index (χ2n) is 13.3. The molecule has 3 aliphatic rings. The van der Waals surface area contributed by atoms with Gasteiger partial charge in [0, 0.05) is 0 Å². The van der Waals surface area contributed by atoms with E-state index in [-0.39, 0.29) is 50.3 Å². The van der Waals surface area contributed by atoms with Crippen molar-refractivity contribution in [1.82, 2.24) is 4.57 Å². The van der Waals surface area contributed by atoms with E-state index in [9.17, 15) is 34.2 Å². The number of hydrogen-bond donors (Lipinski definition) is 2. The molecular weight excluding hydrogens is 950 g/mol. The van der Waals surface area contributed by atoms with E-state index in [1.807, 2.05) is 0 Å². The molecule has 8 unspecified atom stereocenters. The van der Waals surface area contributed by atoms with E-state index in [1.165, 1.54) is 11.5 Å². The number of carbonyl (C=O) groups excluding carboxylic acids is 5. The van der Waals surface area contributed by atoms with Gasteiger partial charge >= 0.3 is 29.8 Å². The zero-order valence-corrected chi connectivity index (χ0v) is 35.5. The third-order valence-corrected chi connectivity index (χ3v) is 12.7. The van der Waals surface area contributed by atoms with E-state index in [4.69, 9.17) is 28.4 Å². The van der Waals surface area contributed by atoms with Gasteiger partial charge in [-0.15, -0.1) is 0 Å². The number of nitrogens with zero attached hydrogens (tertiary/aromatic N) is 1. The summed E-state index contributed by atoms with van der Waals surface area (Å²) in [6.07, 6.45) is 2.97. The Balaban J connectivity index is 1.33. The first-order valence-corrected chi connectivity index (χ1v) is 21.0. The molecule has 2 aliphatic heterocycles. The monoisotopic (exact) mass is 991 g/mol. The van der Waals surface area contributed by atoms with Crippen molar-refractivity contribution in [1.29, 1.82) is 0 Å². The van der Waals surface area contributed by atoms with Crippen molar-refractivity contribution in [2.24, 2.45) is 17.3 Å². The van der Waals surface area contributed by atoms with Gasteiger partial charge in [-0.2, -0.15) is 0 Å². The summed E-state index contributed by atoms with van der Waals surface area (Å²) in [5.41, 5.74) is -0.452. The molecule has 0 amide bonds. The van der Waals surface area contributed by atoms with Gasteiger partial charge in [-0.3, -0.25) is 28.5 Å². The maximum atomic E-state index is 13.5. The van der Waals surface area contributed by atoms with Crippen molar-refractivity contribution in [3.05, 3.63) is 11.1 Å². The Morgan fingerprint density at radius 2 is 1.10 bits per heavy atom. The summed E-state index contributed by atoms with van der Waals surface area (Å²) in [4.78, 5) is 60.6. The number of esters is 5. The van der Waals surface area contributed by atoms with Crippen LogP contribution in [0.5, 0.6) is 11.8 Å². The summed E-state index contributed by atoms with van der Waals surface area (Å²) in [6.45, 7) is 4.09. The molecular formula is C34H45Br4NO13.